The molecule has 176 valence electrons. The maximum Gasteiger partial charge on any atom is 0.308 e. The van der Waals surface area contributed by atoms with Crippen LogP contribution in [0, 0.1) is 0 Å². The van der Waals surface area contributed by atoms with Gasteiger partial charge in [-0.15, -0.1) is 12.4 Å². The van der Waals surface area contributed by atoms with Gasteiger partial charge < -0.3 is 19.3 Å². The third-order valence-corrected chi connectivity index (χ3v) is 4.52. The molecule has 1 atom stereocenters. The average Bonchev–Trinajstić information content (AvgIpc) is 2.75. The fourth-order valence-corrected chi connectivity index (χ4v) is 3.04. The molecule has 0 heterocycles. The van der Waals surface area contributed by atoms with Gasteiger partial charge in [-0.25, -0.2) is 0 Å². The zero-order valence-electron chi connectivity index (χ0n) is 18.7. The fraction of sp³-hybridized carbons (Fsp3) is 0.417. The van der Waals surface area contributed by atoms with Crippen LogP contribution in [0.2, 0.25) is 0 Å². The number of hydrogen-bond acceptors (Lipinski definition) is 6. The van der Waals surface area contributed by atoms with E-state index in [1.165, 1.54) is 5.56 Å². The van der Waals surface area contributed by atoms with Crippen LogP contribution in [-0.4, -0.2) is 43.0 Å². The zero-order chi connectivity index (χ0) is 22.6. The number of para-hydroxylation sites is 1. The second-order valence-corrected chi connectivity index (χ2v) is 7.46. The predicted octanol–water partition coefficient (Wildman–Crippen LogP) is 4.01. The molecule has 0 aliphatic heterocycles. The van der Waals surface area contributed by atoms with Crippen molar-refractivity contribution in [1.82, 2.24) is 5.32 Å². The van der Waals surface area contributed by atoms with E-state index in [4.69, 9.17) is 19.3 Å². The molecule has 0 aliphatic carbocycles. The lowest BCUT2D eigenvalue weighted by molar-refractivity contribution is -0.155. The number of nitrogens with one attached hydrogen (secondary N) is 1. The van der Waals surface area contributed by atoms with E-state index in [0.29, 0.717) is 0 Å². The van der Waals surface area contributed by atoms with Crippen molar-refractivity contribution in [2.45, 2.75) is 51.8 Å². The lowest BCUT2D eigenvalue weighted by Gasteiger charge is -2.22. The first-order valence-corrected chi connectivity index (χ1v) is 10.4. The van der Waals surface area contributed by atoms with Crippen LogP contribution in [0.1, 0.15) is 37.8 Å². The number of carboxylic acids is 1. The number of halogens is 1. The first-order chi connectivity index (χ1) is 14.9. The number of esters is 1. The molecular weight excluding hydrogens is 434 g/mol. The van der Waals surface area contributed by atoms with Crippen LogP contribution in [0.15, 0.2) is 48.5 Å². The zero-order valence-corrected chi connectivity index (χ0v) is 19.5. The summed E-state index contributed by atoms with van der Waals surface area (Å²) in [4.78, 5) is 22.6. The molecule has 0 radical (unpaired) electrons. The first-order valence-electron chi connectivity index (χ1n) is 10.4. The molecule has 0 amide bonds. The lowest BCUT2D eigenvalue weighted by atomic mass is 10.0. The van der Waals surface area contributed by atoms with E-state index >= 15 is 0 Å². The molecular formula is C24H32ClNO6. The first kappa shape index (κ1) is 27.3. The van der Waals surface area contributed by atoms with Crippen molar-refractivity contribution in [3.8, 4) is 11.5 Å². The summed E-state index contributed by atoms with van der Waals surface area (Å²) < 4.78 is 16.6. The SMILES string of the molecule is COc1cccc(CCc2ccccc2OCC(NC(C)C)OC(=O)CCC(=O)O)c1.Cl. The van der Waals surface area contributed by atoms with Crippen molar-refractivity contribution in [2.24, 2.45) is 0 Å². The molecule has 0 aromatic heterocycles. The molecule has 2 N–H and O–H groups in total. The van der Waals surface area contributed by atoms with Crippen LogP contribution in [0.3, 0.4) is 0 Å². The normalized spacial score (nSPS) is 11.4. The van der Waals surface area contributed by atoms with Crippen LogP contribution >= 0.6 is 12.4 Å². The summed E-state index contributed by atoms with van der Waals surface area (Å²) in [6, 6.07) is 15.8. The number of aliphatic carboxylic acids is 1. The van der Waals surface area contributed by atoms with Gasteiger partial charge in [-0.05, 0) is 56.0 Å². The fourth-order valence-electron chi connectivity index (χ4n) is 3.04. The molecule has 0 aliphatic rings. The Morgan fingerprint density at radius 2 is 1.78 bits per heavy atom. The van der Waals surface area contributed by atoms with Crippen molar-refractivity contribution in [1.29, 1.82) is 0 Å². The molecule has 7 nitrogen and oxygen atoms in total. The second kappa shape index (κ2) is 14.3. The molecule has 0 saturated heterocycles. The molecule has 0 spiro atoms. The number of ether oxygens (including phenoxy) is 3. The number of methoxy groups -OCH3 is 1. The molecule has 2 aromatic rings. The number of benzene rings is 2. The molecule has 0 bridgehead atoms. The topological polar surface area (TPSA) is 94.1 Å². The van der Waals surface area contributed by atoms with Crippen LogP contribution in [-0.2, 0) is 27.2 Å². The Balaban J connectivity index is 0.00000512. The molecule has 2 aromatic carbocycles. The molecule has 32 heavy (non-hydrogen) atoms. The van der Waals surface area contributed by atoms with Gasteiger partial charge in [-0.2, -0.15) is 0 Å². The maximum atomic E-state index is 11.9. The number of carboxylic acid groups (broad SMARTS) is 1. The monoisotopic (exact) mass is 465 g/mol. The van der Waals surface area contributed by atoms with Crippen LogP contribution in [0.25, 0.3) is 0 Å². The van der Waals surface area contributed by atoms with Crippen molar-refractivity contribution in [2.75, 3.05) is 13.7 Å². The van der Waals surface area contributed by atoms with Crippen molar-refractivity contribution >= 4 is 24.3 Å². The summed E-state index contributed by atoms with van der Waals surface area (Å²) in [5, 5.41) is 11.9. The Hall–Kier alpha value is -2.77. The van der Waals surface area contributed by atoms with Gasteiger partial charge in [0.25, 0.3) is 0 Å². The van der Waals surface area contributed by atoms with Crippen molar-refractivity contribution < 1.29 is 28.9 Å². The van der Waals surface area contributed by atoms with Gasteiger partial charge >= 0.3 is 11.9 Å². The molecule has 8 heteroatoms. The summed E-state index contributed by atoms with van der Waals surface area (Å²) >= 11 is 0. The highest BCUT2D eigenvalue weighted by Crippen LogP contribution is 2.22. The number of carbonyl (C=O) groups is 2. The largest absolute Gasteiger partial charge is 0.497 e. The van der Waals surface area contributed by atoms with E-state index in [9.17, 15) is 9.59 Å². The Bertz CT molecular complexity index is 858. The predicted molar refractivity (Wildman–Crippen MR) is 125 cm³/mol. The van der Waals surface area contributed by atoms with Gasteiger partial charge in [0, 0.05) is 6.04 Å². The average molecular weight is 466 g/mol. The molecule has 2 rings (SSSR count). The smallest absolute Gasteiger partial charge is 0.308 e. The molecule has 0 fully saturated rings. The minimum atomic E-state index is -1.04. The highest BCUT2D eigenvalue weighted by Gasteiger charge is 2.18. The number of hydrogen-bond donors (Lipinski definition) is 2. The number of aryl methyl sites for hydroxylation is 2. The van der Waals surface area contributed by atoms with Gasteiger partial charge in [0.05, 0.1) is 20.0 Å². The maximum absolute atomic E-state index is 11.9. The highest BCUT2D eigenvalue weighted by molar-refractivity contribution is 5.85. The Morgan fingerprint density at radius 1 is 1.03 bits per heavy atom. The van der Waals surface area contributed by atoms with Gasteiger partial charge in [0.2, 0.25) is 0 Å². The highest BCUT2D eigenvalue weighted by atomic mass is 35.5. The van der Waals surface area contributed by atoms with Crippen LogP contribution < -0.4 is 14.8 Å². The van der Waals surface area contributed by atoms with Crippen LogP contribution in [0.4, 0.5) is 0 Å². The molecule has 0 saturated carbocycles. The standard InChI is InChI=1S/C24H31NO6.ClH/c1-17(2)25-22(31-24(28)14-13-23(26)27)16-30-21-10-5-4-8-19(21)12-11-18-7-6-9-20(15-18)29-3;/h4-10,15,17,22,25H,11-14,16H2,1-3H3,(H,26,27);1H. The van der Waals surface area contributed by atoms with Gasteiger partial charge in [-0.3, -0.25) is 14.9 Å². The lowest BCUT2D eigenvalue weighted by Crippen LogP contribution is -2.42. The van der Waals surface area contributed by atoms with E-state index in [1.807, 2.05) is 56.3 Å². The quantitative estimate of drug-likeness (QED) is 0.341. The third-order valence-electron chi connectivity index (χ3n) is 4.52. The van der Waals surface area contributed by atoms with Crippen molar-refractivity contribution in [3.05, 3.63) is 59.7 Å². The Morgan fingerprint density at radius 3 is 2.47 bits per heavy atom. The van der Waals surface area contributed by atoms with Gasteiger partial charge in [0.1, 0.15) is 18.1 Å². The van der Waals surface area contributed by atoms with E-state index in [0.717, 1.165) is 29.9 Å². The molecule has 1 unspecified atom stereocenters. The Kier molecular flexibility index (Phi) is 12.2. The van der Waals surface area contributed by atoms with Gasteiger partial charge in [-0.1, -0.05) is 30.3 Å². The minimum absolute atomic E-state index is 0. The summed E-state index contributed by atoms with van der Waals surface area (Å²) in [5.74, 6) is -0.0566. The van der Waals surface area contributed by atoms with E-state index < -0.39 is 18.2 Å². The van der Waals surface area contributed by atoms with Crippen molar-refractivity contribution in [3.63, 3.8) is 0 Å². The van der Waals surface area contributed by atoms with E-state index in [2.05, 4.69) is 11.4 Å². The third kappa shape index (κ3) is 10.0. The summed E-state index contributed by atoms with van der Waals surface area (Å²) in [6.07, 6.45) is 0.497. The second-order valence-electron chi connectivity index (χ2n) is 7.46. The number of carbonyl (C=O) groups excluding carboxylic acids is 1. The summed E-state index contributed by atoms with van der Waals surface area (Å²) in [5.41, 5.74) is 2.21. The summed E-state index contributed by atoms with van der Waals surface area (Å²) in [6.45, 7) is 3.98. The Labute approximate surface area is 195 Å². The number of rotatable bonds is 13. The van der Waals surface area contributed by atoms with E-state index in [1.54, 1.807) is 7.11 Å². The van der Waals surface area contributed by atoms with Gasteiger partial charge in [0.15, 0.2) is 6.23 Å². The van der Waals surface area contributed by atoms with E-state index in [-0.39, 0.29) is 37.9 Å². The van der Waals surface area contributed by atoms with Crippen LogP contribution in [0.5, 0.6) is 11.5 Å². The minimum Gasteiger partial charge on any atom is -0.497 e. The summed E-state index contributed by atoms with van der Waals surface area (Å²) in [7, 11) is 1.65.